The highest BCUT2D eigenvalue weighted by atomic mass is 35.5. The SMILES string of the molecule is FC(F)(F)Oc1ccc(N2CCN(CCn3ccc4cc(Cl)ccc43)CC2)c(OC(F)(F)F)c1. The Labute approximate surface area is 196 Å². The normalized spacial score (nSPS) is 15.7. The van der Waals surface area contributed by atoms with Crippen LogP contribution in [0.25, 0.3) is 10.9 Å². The molecule has 0 amide bonds. The number of rotatable bonds is 6. The van der Waals surface area contributed by atoms with Gasteiger partial charge < -0.3 is 18.9 Å². The van der Waals surface area contributed by atoms with E-state index in [4.69, 9.17) is 11.6 Å². The second kappa shape index (κ2) is 9.46. The van der Waals surface area contributed by atoms with Crippen molar-refractivity contribution in [2.24, 2.45) is 0 Å². The number of alkyl halides is 6. The summed E-state index contributed by atoms with van der Waals surface area (Å²) in [7, 11) is 0. The number of halogens is 7. The molecule has 0 spiro atoms. The summed E-state index contributed by atoms with van der Waals surface area (Å²) in [6, 6.07) is 10.4. The molecule has 0 N–H and O–H groups in total. The zero-order chi connectivity index (χ0) is 24.5. The summed E-state index contributed by atoms with van der Waals surface area (Å²) >= 11 is 6.02. The van der Waals surface area contributed by atoms with Crippen LogP contribution in [0, 0.1) is 0 Å². The van der Waals surface area contributed by atoms with Gasteiger partial charge in [-0.05, 0) is 36.4 Å². The van der Waals surface area contributed by atoms with Crippen LogP contribution in [0.2, 0.25) is 5.02 Å². The molecule has 1 fully saturated rings. The van der Waals surface area contributed by atoms with E-state index < -0.39 is 24.2 Å². The van der Waals surface area contributed by atoms with Gasteiger partial charge in [-0.1, -0.05) is 11.6 Å². The number of aromatic nitrogens is 1. The molecule has 0 radical (unpaired) electrons. The zero-order valence-electron chi connectivity index (χ0n) is 17.7. The highest BCUT2D eigenvalue weighted by Crippen LogP contribution is 2.38. The molecule has 1 saturated heterocycles. The van der Waals surface area contributed by atoms with Crippen LogP contribution in [0.5, 0.6) is 11.5 Å². The molecule has 12 heteroatoms. The van der Waals surface area contributed by atoms with Crippen molar-refractivity contribution in [2.45, 2.75) is 19.3 Å². The molecule has 1 aromatic heterocycles. The van der Waals surface area contributed by atoms with E-state index in [2.05, 4.69) is 18.9 Å². The fourth-order valence-electron chi connectivity index (χ4n) is 3.99. The molecule has 5 nitrogen and oxygen atoms in total. The molecule has 0 bridgehead atoms. The minimum absolute atomic E-state index is 0.0554. The van der Waals surface area contributed by atoms with Gasteiger partial charge in [-0.3, -0.25) is 4.90 Å². The van der Waals surface area contributed by atoms with Crippen LogP contribution >= 0.6 is 11.6 Å². The quantitative estimate of drug-likeness (QED) is 0.388. The van der Waals surface area contributed by atoms with Gasteiger partial charge >= 0.3 is 12.7 Å². The maximum Gasteiger partial charge on any atom is 0.573 e. The Morgan fingerprint density at radius 2 is 1.50 bits per heavy atom. The molecule has 1 aliphatic heterocycles. The number of hydrogen-bond donors (Lipinski definition) is 0. The topological polar surface area (TPSA) is 29.9 Å². The van der Waals surface area contributed by atoms with E-state index in [0.29, 0.717) is 37.3 Å². The predicted octanol–water partition coefficient (Wildman–Crippen LogP) is 5.91. The maximum absolute atomic E-state index is 12.9. The third-order valence-electron chi connectivity index (χ3n) is 5.49. The van der Waals surface area contributed by atoms with E-state index in [-0.39, 0.29) is 5.69 Å². The average Bonchev–Trinajstić information content (AvgIpc) is 3.12. The highest BCUT2D eigenvalue weighted by molar-refractivity contribution is 6.31. The third-order valence-corrected chi connectivity index (χ3v) is 5.73. The molecular weight excluding hydrogens is 488 g/mol. The van der Waals surface area contributed by atoms with Crippen LogP contribution in [-0.2, 0) is 6.54 Å². The molecule has 0 saturated carbocycles. The number of piperazine rings is 1. The largest absolute Gasteiger partial charge is 0.573 e. The Kier molecular flexibility index (Phi) is 6.77. The first-order valence-electron chi connectivity index (χ1n) is 10.3. The molecule has 0 atom stereocenters. The van der Waals surface area contributed by atoms with Crippen molar-refractivity contribution in [3.8, 4) is 11.5 Å². The molecule has 0 aliphatic carbocycles. The first-order chi connectivity index (χ1) is 16.0. The van der Waals surface area contributed by atoms with Gasteiger partial charge in [0.15, 0.2) is 5.75 Å². The molecule has 4 rings (SSSR count). The van der Waals surface area contributed by atoms with Gasteiger partial charge in [0.25, 0.3) is 0 Å². The molecule has 0 unspecified atom stereocenters. The van der Waals surface area contributed by atoms with E-state index >= 15 is 0 Å². The second-order valence-corrected chi connectivity index (χ2v) is 8.20. The van der Waals surface area contributed by atoms with E-state index in [1.807, 2.05) is 30.5 Å². The fourth-order valence-corrected chi connectivity index (χ4v) is 4.17. The van der Waals surface area contributed by atoms with Crippen molar-refractivity contribution < 1.29 is 35.8 Å². The lowest BCUT2D eigenvalue weighted by molar-refractivity contribution is -0.276. The molecule has 184 valence electrons. The van der Waals surface area contributed by atoms with Crippen LogP contribution in [0.15, 0.2) is 48.7 Å². The summed E-state index contributed by atoms with van der Waals surface area (Å²) in [5.41, 5.74) is 1.11. The third kappa shape index (κ3) is 6.20. The monoisotopic (exact) mass is 507 g/mol. The predicted molar refractivity (Wildman–Crippen MR) is 115 cm³/mol. The van der Waals surface area contributed by atoms with Gasteiger partial charge in [0.1, 0.15) is 5.75 Å². The second-order valence-electron chi connectivity index (χ2n) is 7.77. The summed E-state index contributed by atoms with van der Waals surface area (Å²) in [4.78, 5) is 3.83. The molecule has 34 heavy (non-hydrogen) atoms. The number of benzene rings is 2. The summed E-state index contributed by atoms with van der Waals surface area (Å²) in [5, 5.41) is 1.70. The highest BCUT2D eigenvalue weighted by Gasteiger charge is 2.35. The lowest BCUT2D eigenvalue weighted by atomic mass is 10.2. The van der Waals surface area contributed by atoms with Crippen LogP contribution in [0.1, 0.15) is 0 Å². The van der Waals surface area contributed by atoms with Crippen molar-refractivity contribution in [3.05, 3.63) is 53.7 Å². The van der Waals surface area contributed by atoms with Crippen molar-refractivity contribution in [2.75, 3.05) is 37.6 Å². The Bertz CT molecular complexity index is 1140. The maximum atomic E-state index is 12.9. The minimum Gasteiger partial charge on any atom is -0.406 e. The average molecular weight is 508 g/mol. The van der Waals surface area contributed by atoms with E-state index in [0.717, 1.165) is 36.1 Å². The van der Waals surface area contributed by atoms with Gasteiger partial charge in [0.2, 0.25) is 0 Å². The van der Waals surface area contributed by atoms with Gasteiger partial charge in [0, 0.05) is 67.5 Å². The number of hydrogen-bond acceptors (Lipinski definition) is 4. The lowest BCUT2D eigenvalue weighted by Crippen LogP contribution is -2.47. The number of nitrogens with zero attached hydrogens (tertiary/aromatic N) is 3. The summed E-state index contributed by atoms with van der Waals surface area (Å²) < 4.78 is 85.9. The summed E-state index contributed by atoms with van der Waals surface area (Å²) in [5.74, 6) is -1.52. The van der Waals surface area contributed by atoms with Gasteiger partial charge in [-0.25, -0.2) is 0 Å². The van der Waals surface area contributed by atoms with Crippen LogP contribution in [-0.4, -0.2) is 54.9 Å². The Morgan fingerprint density at radius 1 is 0.794 bits per heavy atom. The first-order valence-corrected chi connectivity index (χ1v) is 10.7. The zero-order valence-corrected chi connectivity index (χ0v) is 18.4. The fraction of sp³-hybridized carbons (Fsp3) is 0.364. The smallest absolute Gasteiger partial charge is 0.406 e. The standard InChI is InChI=1S/C22H20ClF6N3O2/c23-16-1-3-18-15(13-16)5-6-31(18)10-7-30-8-11-32(12-9-30)19-4-2-17(33-21(24,25)26)14-20(19)34-22(27,28)29/h1-6,13-14H,7-12H2. The Hall–Kier alpha value is -2.79. The molecular formula is C22H20ClF6N3O2. The number of ether oxygens (including phenoxy) is 2. The molecule has 2 aromatic carbocycles. The molecule has 3 aromatic rings. The lowest BCUT2D eigenvalue weighted by Gasteiger charge is -2.37. The first kappa shape index (κ1) is 24.3. The molecule has 2 heterocycles. The van der Waals surface area contributed by atoms with Crippen molar-refractivity contribution >= 4 is 28.2 Å². The van der Waals surface area contributed by atoms with Crippen LogP contribution in [0.3, 0.4) is 0 Å². The van der Waals surface area contributed by atoms with Gasteiger partial charge in [0.05, 0.1) is 5.69 Å². The van der Waals surface area contributed by atoms with Crippen molar-refractivity contribution in [3.63, 3.8) is 0 Å². The van der Waals surface area contributed by atoms with Crippen LogP contribution < -0.4 is 14.4 Å². The Morgan fingerprint density at radius 3 is 2.18 bits per heavy atom. The van der Waals surface area contributed by atoms with Crippen molar-refractivity contribution in [1.82, 2.24) is 9.47 Å². The van der Waals surface area contributed by atoms with E-state index in [9.17, 15) is 26.3 Å². The Balaban J connectivity index is 1.40. The number of anilines is 1. The summed E-state index contributed by atoms with van der Waals surface area (Å²) in [6.45, 7) is 3.35. The summed E-state index contributed by atoms with van der Waals surface area (Å²) in [6.07, 6.45) is -8.11. The number of fused-ring (bicyclic) bond motifs is 1. The molecule has 1 aliphatic rings. The van der Waals surface area contributed by atoms with Crippen LogP contribution in [0.4, 0.5) is 32.0 Å². The van der Waals surface area contributed by atoms with E-state index in [1.54, 1.807) is 4.90 Å². The van der Waals surface area contributed by atoms with Crippen molar-refractivity contribution in [1.29, 1.82) is 0 Å². The van der Waals surface area contributed by atoms with E-state index in [1.165, 1.54) is 0 Å². The van der Waals surface area contributed by atoms with Gasteiger partial charge in [-0.15, -0.1) is 26.3 Å². The minimum atomic E-state index is -5.06. The van der Waals surface area contributed by atoms with Gasteiger partial charge in [-0.2, -0.15) is 0 Å².